The van der Waals surface area contributed by atoms with Crippen molar-refractivity contribution in [2.45, 2.75) is 39.7 Å². The molecule has 0 aliphatic carbocycles. The monoisotopic (exact) mass is 408 g/mol. The molecule has 1 amide bonds. The molecule has 0 fully saturated rings. The molecule has 0 aliphatic rings. The van der Waals surface area contributed by atoms with E-state index in [0.717, 1.165) is 16.7 Å². The van der Waals surface area contributed by atoms with Crippen LogP contribution in [0.2, 0.25) is 0 Å². The van der Waals surface area contributed by atoms with Crippen molar-refractivity contribution >= 4 is 11.4 Å². The molecule has 0 saturated heterocycles. The van der Waals surface area contributed by atoms with Gasteiger partial charge in [0, 0.05) is 23.7 Å². The van der Waals surface area contributed by atoms with Gasteiger partial charge in [-0.3, -0.25) is 4.79 Å². The number of amides is 1. The number of fused-ring (bicyclic) bond motifs is 1. The third kappa shape index (κ3) is 3.66. The molecular weight excluding hydrogens is 387 g/mol. The second kappa shape index (κ2) is 7.33. The highest BCUT2D eigenvalue weighted by molar-refractivity contribution is 5.90. The number of aryl methyl sites for hydroxylation is 1. The van der Waals surface area contributed by atoms with Crippen LogP contribution in [0.25, 0.3) is 16.8 Å². The molecule has 1 N–H and O–H groups in total. The van der Waals surface area contributed by atoms with E-state index in [4.69, 9.17) is 4.52 Å². The lowest BCUT2D eigenvalue weighted by Crippen LogP contribution is -2.24. The third-order valence-electron chi connectivity index (χ3n) is 4.73. The molecule has 0 saturated carbocycles. The Labute approximate surface area is 172 Å². The van der Waals surface area contributed by atoms with Crippen molar-refractivity contribution in [3.8, 4) is 11.3 Å². The fraction of sp³-hybridized carbons (Fsp3) is 0.286. The number of rotatable bonds is 4. The fourth-order valence-corrected chi connectivity index (χ4v) is 3.04. The topological polar surface area (TPSA) is 98.2 Å². The van der Waals surface area contributed by atoms with E-state index in [1.54, 1.807) is 6.20 Å². The first-order valence-corrected chi connectivity index (χ1v) is 9.44. The lowest BCUT2D eigenvalue weighted by Gasteiger charge is -2.10. The smallest absolute Gasteiger partial charge is 0.292 e. The van der Waals surface area contributed by atoms with E-state index in [1.165, 1.54) is 16.9 Å². The minimum atomic E-state index is -0.412. The summed E-state index contributed by atoms with van der Waals surface area (Å²) < 4.78 is 20.8. The van der Waals surface area contributed by atoms with Gasteiger partial charge in [-0.25, -0.2) is 13.9 Å². The Hall–Kier alpha value is -3.62. The minimum absolute atomic E-state index is 0.00119. The Morgan fingerprint density at radius 2 is 2.07 bits per heavy atom. The summed E-state index contributed by atoms with van der Waals surface area (Å²) in [5.74, 6) is -0.386. The zero-order valence-corrected chi connectivity index (χ0v) is 17.1. The Morgan fingerprint density at radius 1 is 1.27 bits per heavy atom. The first-order chi connectivity index (χ1) is 14.2. The van der Waals surface area contributed by atoms with E-state index in [1.807, 2.05) is 45.9 Å². The number of hydrogen-bond acceptors (Lipinski definition) is 6. The van der Waals surface area contributed by atoms with Gasteiger partial charge in [-0.1, -0.05) is 38.1 Å². The van der Waals surface area contributed by atoms with E-state index in [0.29, 0.717) is 23.6 Å². The van der Waals surface area contributed by atoms with Gasteiger partial charge in [-0.05, 0) is 30.2 Å². The van der Waals surface area contributed by atoms with Crippen LogP contribution in [0.5, 0.6) is 0 Å². The van der Waals surface area contributed by atoms with Crippen molar-refractivity contribution in [1.29, 1.82) is 0 Å². The Morgan fingerprint density at radius 3 is 2.77 bits per heavy atom. The SMILES string of the molecule is Cc1cc(-c2ncnn3ccc(F)c23)ccc1CNC(=O)c1noc(C(C)(C)C)n1. The molecule has 3 heterocycles. The molecule has 30 heavy (non-hydrogen) atoms. The maximum Gasteiger partial charge on any atom is 0.292 e. The first-order valence-electron chi connectivity index (χ1n) is 9.44. The zero-order chi connectivity index (χ0) is 21.5. The number of benzene rings is 1. The van der Waals surface area contributed by atoms with Crippen molar-refractivity contribution in [3.63, 3.8) is 0 Å². The predicted molar refractivity (Wildman–Crippen MR) is 107 cm³/mol. The molecule has 1 aromatic carbocycles. The van der Waals surface area contributed by atoms with Gasteiger partial charge in [0.2, 0.25) is 5.89 Å². The van der Waals surface area contributed by atoms with E-state index in [9.17, 15) is 9.18 Å². The average Bonchev–Trinajstić information content (AvgIpc) is 3.34. The maximum absolute atomic E-state index is 14.2. The molecule has 4 aromatic rings. The van der Waals surface area contributed by atoms with Crippen LogP contribution in [-0.4, -0.2) is 30.6 Å². The van der Waals surface area contributed by atoms with Crippen molar-refractivity contribution in [3.05, 3.63) is 65.4 Å². The van der Waals surface area contributed by atoms with E-state index < -0.39 is 5.91 Å². The number of nitrogens with one attached hydrogen (secondary N) is 1. The van der Waals surface area contributed by atoms with Crippen LogP contribution < -0.4 is 5.32 Å². The summed E-state index contributed by atoms with van der Waals surface area (Å²) in [6.07, 6.45) is 2.94. The van der Waals surface area contributed by atoms with Crippen LogP contribution in [0.4, 0.5) is 4.39 Å². The number of carbonyl (C=O) groups is 1. The largest absolute Gasteiger partial charge is 0.345 e. The van der Waals surface area contributed by atoms with Gasteiger partial charge in [0.05, 0.1) is 0 Å². The fourth-order valence-electron chi connectivity index (χ4n) is 3.04. The second-order valence-corrected chi connectivity index (χ2v) is 8.06. The molecule has 4 rings (SSSR count). The number of hydrogen-bond donors (Lipinski definition) is 1. The molecule has 0 unspecified atom stereocenters. The highest BCUT2D eigenvalue weighted by atomic mass is 19.1. The van der Waals surface area contributed by atoms with Crippen molar-refractivity contribution in [1.82, 2.24) is 30.1 Å². The average molecular weight is 408 g/mol. The van der Waals surface area contributed by atoms with Gasteiger partial charge >= 0.3 is 0 Å². The number of aromatic nitrogens is 5. The van der Waals surface area contributed by atoms with Crippen LogP contribution in [0.3, 0.4) is 0 Å². The predicted octanol–water partition coefficient (Wildman–Crippen LogP) is 3.45. The second-order valence-electron chi connectivity index (χ2n) is 8.06. The molecule has 0 atom stereocenters. The molecule has 3 aromatic heterocycles. The number of nitrogens with zero attached hydrogens (tertiary/aromatic N) is 5. The summed E-state index contributed by atoms with van der Waals surface area (Å²) in [6, 6.07) is 6.98. The molecular formula is C21H21FN6O2. The lowest BCUT2D eigenvalue weighted by atomic mass is 9.97. The standard InChI is InChI=1S/C21H21FN6O2/c1-12-9-13(16-17-15(22)7-8-28(17)25-11-24-16)5-6-14(12)10-23-19(29)18-26-20(30-27-18)21(2,3)4/h5-9,11H,10H2,1-4H3,(H,23,29). The van der Waals surface area contributed by atoms with Gasteiger partial charge in [-0.2, -0.15) is 10.1 Å². The van der Waals surface area contributed by atoms with E-state index in [-0.39, 0.29) is 17.1 Å². The Kier molecular flexibility index (Phi) is 4.81. The lowest BCUT2D eigenvalue weighted by molar-refractivity contribution is 0.0937. The van der Waals surface area contributed by atoms with Crippen LogP contribution in [0, 0.1) is 12.7 Å². The third-order valence-corrected chi connectivity index (χ3v) is 4.73. The normalized spacial score (nSPS) is 11.8. The van der Waals surface area contributed by atoms with Crippen molar-refractivity contribution in [2.75, 3.05) is 0 Å². The highest BCUT2D eigenvalue weighted by Crippen LogP contribution is 2.26. The van der Waals surface area contributed by atoms with E-state index in [2.05, 4.69) is 25.5 Å². The van der Waals surface area contributed by atoms with Crippen LogP contribution in [0.1, 0.15) is 48.4 Å². The van der Waals surface area contributed by atoms with Crippen molar-refractivity contribution in [2.24, 2.45) is 0 Å². The Bertz CT molecular complexity index is 1240. The summed E-state index contributed by atoms with van der Waals surface area (Å²) in [5.41, 5.74) is 3.11. The summed E-state index contributed by atoms with van der Waals surface area (Å²) in [6.45, 7) is 8.00. The van der Waals surface area contributed by atoms with Gasteiger partial charge in [-0.15, -0.1) is 0 Å². The van der Waals surface area contributed by atoms with E-state index >= 15 is 0 Å². The molecule has 0 bridgehead atoms. The van der Waals surface area contributed by atoms with Gasteiger partial charge in [0.15, 0.2) is 5.82 Å². The van der Waals surface area contributed by atoms with Gasteiger partial charge < -0.3 is 9.84 Å². The molecule has 154 valence electrons. The van der Waals surface area contributed by atoms with Crippen LogP contribution in [0.15, 0.2) is 41.3 Å². The first kappa shape index (κ1) is 19.7. The highest BCUT2D eigenvalue weighted by Gasteiger charge is 2.24. The summed E-state index contributed by atoms with van der Waals surface area (Å²) in [4.78, 5) is 20.8. The minimum Gasteiger partial charge on any atom is -0.345 e. The van der Waals surface area contributed by atoms with Crippen molar-refractivity contribution < 1.29 is 13.7 Å². The summed E-state index contributed by atoms with van der Waals surface area (Å²) in [7, 11) is 0. The van der Waals surface area contributed by atoms with Crippen LogP contribution >= 0.6 is 0 Å². The molecule has 9 heteroatoms. The molecule has 0 aliphatic heterocycles. The quantitative estimate of drug-likeness (QED) is 0.555. The maximum atomic E-state index is 14.2. The van der Waals surface area contributed by atoms with Gasteiger partial charge in [0.1, 0.15) is 17.5 Å². The Balaban J connectivity index is 1.52. The molecule has 8 nitrogen and oxygen atoms in total. The number of carbonyl (C=O) groups excluding carboxylic acids is 1. The zero-order valence-electron chi connectivity index (χ0n) is 17.1. The van der Waals surface area contributed by atoms with Crippen LogP contribution in [-0.2, 0) is 12.0 Å². The molecule has 0 spiro atoms. The summed E-state index contributed by atoms with van der Waals surface area (Å²) >= 11 is 0. The summed E-state index contributed by atoms with van der Waals surface area (Å²) in [5, 5.41) is 10.6. The number of halogens is 1. The molecule has 0 radical (unpaired) electrons. The van der Waals surface area contributed by atoms with Gasteiger partial charge in [0.25, 0.3) is 11.7 Å².